The van der Waals surface area contributed by atoms with Gasteiger partial charge in [-0.3, -0.25) is 4.79 Å². The average Bonchev–Trinajstić information content (AvgIpc) is 1.99. The van der Waals surface area contributed by atoms with Crippen molar-refractivity contribution < 1.29 is 9.18 Å². The quantitative estimate of drug-likeness (QED) is 0.571. The molecular formula is C7H3Br2FO. The molecule has 0 aliphatic carbocycles. The summed E-state index contributed by atoms with van der Waals surface area (Å²) in [4.78, 5) is 10.3. The first-order chi connectivity index (χ1) is 5.15. The molecule has 0 spiro atoms. The second-order valence-electron chi connectivity index (χ2n) is 1.92. The van der Waals surface area contributed by atoms with Gasteiger partial charge in [0.15, 0.2) is 5.82 Å². The van der Waals surface area contributed by atoms with Crippen molar-refractivity contribution >= 4 is 38.1 Å². The van der Waals surface area contributed by atoms with Crippen LogP contribution in [0.15, 0.2) is 21.1 Å². The molecule has 1 nitrogen and oxygen atoms in total. The summed E-state index contributed by atoms with van der Waals surface area (Å²) in [5.41, 5.74) is 0.435. The number of rotatable bonds is 1. The van der Waals surface area contributed by atoms with Gasteiger partial charge in [-0.25, -0.2) is 4.39 Å². The molecule has 1 aromatic carbocycles. The van der Waals surface area contributed by atoms with E-state index in [2.05, 4.69) is 31.9 Å². The van der Waals surface area contributed by atoms with Crippen LogP contribution in [0.4, 0.5) is 4.39 Å². The van der Waals surface area contributed by atoms with E-state index in [0.29, 0.717) is 11.8 Å². The van der Waals surface area contributed by atoms with Crippen molar-refractivity contribution in [3.63, 3.8) is 0 Å². The number of hydrogen-bond acceptors (Lipinski definition) is 1. The summed E-state index contributed by atoms with van der Waals surface area (Å²) in [5.74, 6) is -0.393. The Morgan fingerprint density at radius 3 is 2.09 bits per heavy atom. The molecule has 0 radical (unpaired) electrons. The zero-order chi connectivity index (χ0) is 8.43. The molecule has 0 saturated carbocycles. The first-order valence-electron chi connectivity index (χ1n) is 2.75. The lowest BCUT2D eigenvalue weighted by atomic mass is 10.2. The van der Waals surface area contributed by atoms with Gasteiger partial charge in [0.05, 0.1) is 8.95 Å². The Bertz CT molecular complexity index is 275. The molecule has 0 saturated heterocycles. The lowest BCUT2D eigenvalue weighted by molar-refractivity contribution is 0.112. The number of benzene rings is 1. The largest absolute Gasteiger partial charge is 0.298 e. The van der Waals surface area contributed by atoms with Gasteiger partial charge in [0.1, 0.15) is 6.29 Å². The Morgan fingerprint density at radius 2 is 1.73 bits per heavy atom. The number of hydrogen-bond donors (Lipinski definition) is 0. The minimum atomic E-state index is -0.393. The highest BCUT2D eigenvalue weighted by Gasteiger charge is 2.05. The first-order valence-corrected chi connectivity index (χ1v) is 4.33. The van der Waals surface area contributed by atoms with Gasteiger partial charge in [-0.1, -0.05) is 0 Å². The number of carbonyl (C=O) groups is 1. The Balaban J connectivity index is 3.31. The predicted octanol–water partition coefficient (Wildman–Crippen LogP) is 3.16. The van der Waals surface area contributed by atoms with E-state index < -0.39 is 5.82 Å². The van der Waals surface area contributed by atoms with Crippen LogP contribution >= 0.6 is 31.9 Å². The molecule has 0 N–H and O–H groups in total. The molecule has 0 fully saturated rings. The fourth-order valence-electron chi connectivity index (χ4n) is 0.643. The third-order valence-electron chi connectivity index (χ3n) is 1.14. The topological polar surface area (TPSA) is 17.1 Å². The highest BCUT2D eigenvalue weighted by Crippen LogP contribution is 2.24. The van der Waals surface area contributed by atoms with Crippen LogP contribution in [0.3, 0.4) is 0 Å². The van der Waals surface area contributed by atoms with Crippen LogP contribution in [0.2, 0.25) is 0 Å². The van der Waals surface area contributed by atoms with Gasteiger partial charge in [-0.2, -0.15) is 0 Å². The summed E-state index contributed by atoms with van der Waals surface area (Å²) in [6.45, 7) is 0. The number of carbonyl (C=O) groups excluding carboxylic acids is 1. The van der Waals surface area contributed by atoms with E-state index in [9.17, 15) is 9.18 Å². The molecule has 0 unspecified atom stereocenters. The van der Waals surface area contributed by atoms with Crippen molar-refractivity contribution in [3.8, 4) is 0 Å². The zero-order valence-corrected chi connectivity index (χ0v) is 8.45. The Kier molecular flexibility index (Phi) is 2.78. The summed E-state index contributed by atoms with van der Waals surface area (Å²) < 4.78 is 13.4. The molecule has 1 aromatic rings. The number of aldehydes is 1. The van der Waals surface area contributed by atoms with Gasteiger partial charge in [0, 0.05) is 5.56 Å². The van der Waals surface area contributed by atoms with Crippen LogP contribution < -0.4 is 0 Å². The molecule has 0 aromatic heterocycles. The molecule has 0 bridgehead atoms. The van der Waals surface area contributed by atoms with Gasteiger partial charge in [0.2, 0.25) is 0 Å². The highest BCUT2D eigenvalue weighted by molar-refractivity contribution is 9.11. The molecular weight excluding hydrogens is 279 g/mol. The van der Waals surface area contributed by atoms with Crippen LogP contribution in [0.5, 0.6) is 0 Å². The van der Waals surface area contributed by atoms with E-state index in [4.69, 9.17) is 0 Å². The Morgan fingerprint density at radius 1 is 1.27 bits per heavy atom. The lowest BCUT2D eigenvalue weighted by Crippen LogP contribution is -1.85. The predicted molar refractivity (Wildman–Crippen MR) is 47.2 cm³/mol. The Hall–Kier alpha value is -0.220. The SMILES string of the molecule is O=Cc1cc(Br)c(F)c(Br)c1. The van der Waals surface area contributed by atoms with Crippen molar-refractivity contribution in [3.05, 3.63) is 32.5 Å². The third-order valence-corrected chi connectivity index (χ3v) is 2.30. The maximum Gasteiger partial charge on any atom is 0.151 e. The smallest absolute Gasteiger partial charge is 0.151 e. The van der Waals surface area contributed by atoms with E-state index in [1.807, 2.05) is 0 Å². The fraction of sp³-hybridized carbons (Fsp3) is 0. The molecule has 0 aliphatic heterocycles. The summed E-state index contributed by atoms with van der Waals surface area (Å²) in [7, 11) is 0. The molecule has 58 valence electrons. The van der Waals surface area contributed by atoms with E-state index in [1.54, 1.807) is 0 Å². The highest BCUT2D eigenvalue weighted by atomic mass is 79.9. The molecule has 1 rings (SSSR count). The van der Waals surface area contributed by atoms with Gasteiger partial charge in [0.25, 0.3) is 0 Å². The average molecular weight is 282 g/mol. The van der Waals surface area contributed by atoms with E-state index >= 15 is 0 Å². The summed E-state index contributed by atoms with van der Waals surface area (Å²) >= 11 is 5.95. The van der Waals surface area contributed by atoms with Crippen LogP contribution in [-0.4, -0.2) is 6.29 Å². The first kappa shape index (κ1) is 8.87. The molecule has 0 amide bonds. The van der Waals surface area contributed by atoms with Crippen molar-refractivity contribution in [2.75, 3.05) is 0 Å². The summed E-state index contributed by atoms with van der Waals surface area (Å²) in [6.07, 6.45) is 0.662. The van der Waals surface area contributed by atoms with Gasteiger partial charge in [-0.05, 0) is 44.0 Å². The maximum absolute atomic E-state index is 12.8. The van der Waals surface area contributed by atoms with Crippen LogP contribution in [0.1, 0.15) is 10.4 Å². The minimum absolute atomic E-state index is 0.286. The monoisotopic (exact) mass is 280 g/mol. The molecule has 0 aliphatic rings. The third kappa shape index (κ3) is 1.87. The van der Waals surface area contributed by atoms with Crippen LogP contribution in [0, 0.1) is 5.82 Å². The van der Waals surface area contributed by atoms with Crippen molar-refractivity contribution in [1.29, 1.82) is 0 Å². The van der Waals surface area contributed by atoms with E-state index in [-0.39, 0.29) is 8.95 Å². The van der Waals surface area contributed by atoms with Crippen molar-refractivity contribution in [2.45, 2.75) is 0 Å². The minimum Gasteiger partial charge on any atom is -0.298 e. The Labute approximate surface area is 79.9 Å². The second kappa shape index (κ2) is 3.45. The van der Waals surface area contributed by atoms with E-state index in [1.165, 1.54) is 12.1 Å². The van der Waals surface area contributed by atoms with Crippen molar-refractivity contribution in [1.82, 2.24) is 0 Å². The zero-order valence-electron chi connectivity index (χ0n) is 5.27. The van der Waals surface area contributed by atoms with Gasteiger partial charge in [-0.15, -0.1) is 0 Å². The molecule has 0 heterocycles. The maximum atomic E-state index is 12.8. The molecule has 0 atom stereocenters. The van der Waals surface area contributed by atoms with Crippen LogP contribution in [-0.2, 0) is 0 Å². The number of halogens is 3. The van der Waals surface area contributed by atoms with Gasteiger partial charge >= 0.3 is 0 Å². The standard InChI is InChI=1S/C7H3Br2FO/c8-5-1-4(3-11)2-6(9)7(5)10/h1-3H. The fourth-order valence-corrected chi connectivity index (χ4v) is 1.87. The summed E-state index contributed by atoms with van der Waals surface area (Å²) in [6, 6.07) is 2.85. The molecule has 11 heavy (non-hydrogen) atoms. The lowest BCUT2D eigenvalue weighted by Gasteiger charge is -1.97. The summed E-state index contributed by atoms with van der Waals surface area (Å²) in [5, 5.41) is 0. The normalized spacial score (nSPS) is 9.73. The van der Waals surface area contributed by atoms with Crippen molar-refractivity contribution in [2.24, 2.45) is 0 Å². The van der Waals surface area contributed by atoms with Crippen LogP contribution in [0.25, 0.3) is 0 Å². The van der Waals surface area contributed by atoms with E-state index in [0.717, 1.165) is 0 Å². The van der Waals surface area contributed by atoms with Gasteiger partial charge < -0.3 is 0 Å². The molecule has 4 heteroatoms. The second-order valence-corrected chi connectivity index (χ2v) is 3.63.